The minimum atomic E-state index is 0.764. The number of fused-ring (bicyclic) bond motifs is 2. The second-order valence-electron chi connectivity index (χ2n) is 24.9. The summed E-state index contributed by atoms with van der Waals surface area (Å²) in [5.41, 5.74) is 3.18. The molecule has 6 unspecified atom stereocenters. The Morgan fingerprint density at radius 2 is 0.786 bits per heavy atom. The minimum Gasteiger partial charge on any atom is -0.0651 e. The van der Waals surface area contributed by atoms with Gasteiger partial charge in [0.05, 0.1) is 0 Å². The summed E-state index contributed by atoms with van der Waals surface area (Å²) in [7, 11) is 0. The first-order chi connectivity index (χ1) is 26.8. The molecule has 12 fully saturated rings. The van der Waals surface area contributed by atoms with Crippen LogP contribution in [-0.2, 0) is 0 Å². The third-order valence-electron chi connectivity index (χ3n) is 20.7. The van der Waals surface area contributed by atoms with E-state index < -0.39 is 0 Å². The van der Waals surface area contributed by atoms with Crippen molar-refractivity contribution in [3.63, 3.8) is 0 Å². The molecule has 12 rings (SSSR count). The van der Waals surface area contributed by atoms with E-state index in [1.807, 2.05) is 0 Å². The molecule has 12 aliphatic carbocycles. The lowest BCUT2D eigenvalue weighted by molar-refractivity contribution is -0.113. The fourth-order valence-corrected chi connectivity index (χ4v) is 17.8. The van der Waals surface area contributed by atoms with Crippen LogP contribution in [0.15, 0.2) is 0 Å². The van der Waals surface area contributed by atoms with Gasteiger partial charge in [0, 0.05) is 0 Å². The van der Waals surface area contributed by atoms with Crippen LogP contribution in [0.5, 0.6) is 0 Å². The highest BCUT2D eigenvalue weighted by Gasteiger charge is 2.56. The van der Waals surface area contributed by atoms with Crippen molar-refractivity contribution < 1.29 is 0 Å². The third-order valence-corrected chi connectivity index (χ3v) is 20.7. The summed E-state index contributed by atoms with van der Waals surface area (Å²) in [4.78, 5) is 0. The summed E-state index contributed by atoms with van der Waals surface area (Å²) in [5, 5.41) is 0. The monoisotopic (exact) mass is 775 g/mol. The first-order valence-electron chi connectivity index (χ1n) is 26.8. The Bertz CT molecular complexity index is 1080. The zero-order chi connectivity index (χ0) is 40.1. The Morgan fingerprint density at radius 3 is 1.11 bits per heavy atom. The molecule has 0 spiro atoms. The summed E-state index contributed by atoms with van der Waals surface area (Å²) in [6, 6.07) is 0. The fourth-order valence-electron chi connectivity index (χ4n) is 17.8. The van der Waals surface area contributed by atoms with E-state index in [0.29, 0.717) is 0 Å². The highest BCUT2D eigenvalue weighted by atomic mass is 14.6. The summed E-state index contributed by atoms with van der Waals surface area (Å²) in [6.45, 7) is 24.0. The number of hydrogen-bond donors (Lipinski definition) is 0. The molecule has 0 aromatic carbocycles. The fraction of sp³-hybridized carbons (Fsp3) is 1.00. The lowest BCUT2D eigenvalue weighted by Gasteiger charge is -2.62. The van der Waals surface area contributed by atoms with Crippen molar-refractivity contribution in [1.82, 2.24) is 0 Å². The van der Waals surface area contributed by atoms with Crippen molar-refractivity contribution >= 4 is 0 Å². The smallest absolute Gasteiger partial charge is 0.0290 e. The largest absolute Gasteiger partial charge is 0.0651 e. The Hall–Kier alpha value is 0. The summed E-state index contributed by atoms with van der Waals surface area (Å²) >= 11 is 0. The maximum atomic E-state index is 2.56. The van der Waals surface area contributed by atoms with Crippen LogP contribution in [0.3, 0.4) is 0 Å². The van der Waals surface area contributed by atoms with E-state index in [1.165, 1.54) is 96.3 Å². The topological polar surface area (TPSA) is 0 Å². The predicted molar refractivity (Wildman–Crippen MR) is 247 cm³/mol. The van der Waals surface area contributed by atoms with Gasteiger partial charge in [0.1, 0.15) is 0 Å². The van der Waals surface area contributed by atoms with Crippen LogP contribution >= 0.6 is 0 Å². The molecular weight excluding hydrogens is 673 g/mol. The van der Waals surface area contributed by atoms with Crippen LogP contribution in [0.4, 0.5) is 0 Å². The maximum Gasteiger partial charge on any atom is -0.0290 e. The Balaban J connectivity index is 0.000000120. The van der Waals surface area contributed by atoms with Gasteiger partial charge in [-0.2, -0.15) is 0 Å². The van der Waals surface area contributed by atoms with E-state index in [0.717, 1.165) is 92.7 Å². The number of rotatable bonds is 7. The van der Waals surface area contributed by atoms with Crippen LogP contribution in [0.2, 0.25) is 0 Å². The average molecular weight is 775 g/mol. The molecule has 0 amide bonds. The molecule has 0 radical (unpaired) electrons. The Kier molecular flexibility index (Phi) is 16.1. The van der Waals surface area contributed by atoms with E-state index in [-0.39, 0.29) is 0 Å². The van der Waals surface area contributed by atoms with Crippen molar-refractivity contribution in [1.29, 1.82) is 0 Å². The SMILES string of the molecule is CCC12CC3CC(C1)CC(CC)(C3)C2.CCC12CC3CC(CC(C)(C3)C1)C2.CCC1CC2CC1CC2C.CCC1CCC(C)CC1.CCC1CCC(CC)CC1. The van der Waals surface area contributed by atoms with Gasteiger partial charge in [-0.15, -0.1) is 0 Å². The van der Waals surface area contributed by atoms with Gasteiger partial charge in [-0.1, -0.05) is 166 Å². The van der Waals surface area contributed by atoms with Crippen LogP contribution < -0.4 is 0 Å². The molecule has 0 aliphatic heterocycles. The molecule has 0 aromatic rings. The second kappa shape index (κ2) is 19.8. The van der Waals surface area contributed by atoms with Gasteiger partial charge in [-0.25, -0.2) is 0 Å². The van der Waals surface area contributed by atoms with E-state index >= 15 is 0 Å². The summed E-state index contributed by atoms with van der Waals surface area (Å²) in [6.07, 6.45) is 45.6. The van der Waals surface area contributed by atoms with Gasteiger partial charge in [0.25, 0.3) is 0 Å². The molecule has 0 N–H and O–H groups in total. The van der Waals surface area contributed by atoms with Crippen LogP contribution in [0.1, 0.15) is 262 Å². The second-order valence-corrected chi connectivity index (χ2v) is 24.9. The van der Waals surface area contributed by atoms with Gasteiger partial charge in [-0.05, 0) is 189 Å². The van der Waals surface area contributed by atoms with Crippen molar-refractivity contribution in [3.8, 4) is 0 Å². The highest BCUT2D eigenvalue weighted by molar-refractivity contribution is 5.07. The van der Waals surface area contributed by atoms with Crippen molar-refractivity contribution in [2.75, 3.05) is 0 Å². The summed E-state index contributed by atoms with van der Waals surface area (Å²) < 4.78 is 0. The first kappa shape index (κ1) is 45.5. The Labute approximate surface area is 353 Å². The molecule has 0 saturated heterocycles. The standard InChI is InChI=1S/C14H24.C13H22.C10H18.C10H20.C9H18/c1-3-13-6-11-5-12(7-13)9-14(4-2,8-11)10-13;1-3-13-7-10-4-11(8-13)6-12(2,5-10)9-13;1-3-8-5-9-6-10(8)4-7(9)2;1-3-9-5-7-10(4-2)8-6-9;1-3-9-6-4-8(2)5-7-9/h11-12H,3-10H2,1-2H3;10-11H,3-9H2,1-2H3;7-10H,3-6H2,1-2H3;9-10H,3-8H2,1-2H3;8-9H,3-7H2,1-2H3. The minimum absolute atomic E-state index is 0.764. The molecule has 10 bridgehead atoms. The summed E-state index contributed by atoms with van der Waals surface area (Å²) in [5.74, 6) is 13.1. The van der Waals surface area contributed by atoms with Crippen molar-refractivity contribution in [3.05, 3.63) is 0 Å². The van der Waals surface area contributed by atoms with E-state index in [2.05, 4.69) is 69.2 Å². The molecule has 0 aromatic heterocycles. The zero-order valence-electron chi connectivity index (χ0n) is 40.1. The van der Waals surface area contributed by atoms with Crippen molar-refractivity contribution in [2.45, 2.75) is 262 Å². The molecule has 0 nitrogen and oxygen atoms in total. The van der Waals surface area contributed by atoms with Gasteiger partial charge >= 0.3 is 0 Å². The van der Waals surface area contributed by atoms with E-state index in [4.69, 9.17) is 0 Å². The van der Waals surface area contributed by atoms with Gasteiger partial charge in [-0.3, -0.25) is 0 Å². The van der Waals surface area contributed by atoms with Crippen LogP contribution in [0.25, 0.3) is 0 Å². The van der Waals surface area contributed by atoms with Crippen LogP contribution in [-0.4, -0.2) is 0 Å². The highest BCUT2D eigenvalue weighted by Crippen LogP contribution is 2.68. The van der Waals surface area contributed by atoms with Gasteiger partial charge < -0.3 is 0 Å². The molecule has 12 aliphatic rings. The lowest BCUT2D eigenvalue weighted by atomic mass is 9.43. The lowest BCUT2D eigenvalue weighted by Crippen LogP contribution is -2.51. The average Bonchev–Trinajstić information content (AvgIpc) is 3.77. The van der Waals surface area contributed by atoms with E-state index in [1.54, 1.807) is 96.3 Å². The molecule has 0 heteroatoms. The molecular formula is C56H102. The first-order valence-corrected chi connectivity index (χ1v) is 26.8. The molecule has 326 valence electrons. The molecule has 12 saturated carbocycles. The molecule has 0 heterocycles. The van der Waals surface area contributed by atoms with Gasteiger partial charge in [0.15, 0.2) is 0 Å². The maximum absolute atomic E-state index is 2.56. The van der Waals surface area contributed by atoms with E-state index in [9.17, 15) is 0 Å². The molecule has 56 heavy (non-hydrogen) atoms. The third kappa shape index (κ3) is 11.1. The Morgan fingerprint density at radius 1 is 0.393 bits per heavy atom. The van der Waals surface area contributed by atoms with Gasteiger partial charge in [0.2, 0.25) is 0 Å². The van der Waals surface area contributed by atoms with Crippen molar-refractivity contribution in [2.24, 2.45) is 92.7 Å². The zero-order valence-corrected chi connectivity index (χ0v) is 40.1. The quantitative estimate of drug-likeness (QED) is 0.242. The van der Waals surface area contributed by atoms with Crippen LogP contribution in [0, 0.1) is 92.7 Å². The predicted octanol–water partition coefficient (Wildman–Crippen LogP) is 18.3. The number of hydrogen-bond acceptors (Lipinski definition) is 0. The molecule has 6 atom stereocenters. The normalized spacial score (nSPS) is 48.8.